The van der Waals surface area contributed by atoms with Gasteiger partial charge in [-0.25, -0.2) is 9.37 Å². The molecule has 2 fully saturated rings. The second-order valence-corrected chi connectivity index (χ2v) is 10.8. The second kappa shape index (κ2) is 11.6. The van der Waals surface area contributed by atoms with E-state index in [1.807, 2.05) is 34.9 Å². The molecule has 0 radical (unpaired) electrons. The van der Waals surface area contributed by atoms with Gasteiger partial charge in [-0.2, -0.15) is 14.6 Å². The molecule has 0 unspecified atom stereocenters. The highest BCUT2D eigenvalue weighted by molar-refractivity contribution is 5.90. The average molecular weight is 575 g/mol. The Kier molecular flexibility index (Phi) is 7.36. The molecule has 13 heteroatoms. The molecular weight excluding hydrogens is 539 g/mol. The van der Waals surface area contributed by atoms with Crippen molar-refractivity contribution in [1.29, 1.82) is 0 Å². The van der Waals surface area contributed by atoms with Gasteiger partial charge < -0.3 is 29.7 Å². The van der Waals surface area contributed by atoms with Gasteiger partial charge in [-0.15, -0.1) is 0 Å². The smallest absolute Gasteiger partial charge is 0.223 e. The largest absolute Gasteiger partial charge is 0.492 e. The molecule has 0 amide bonds. The molecule has 3 N–H and O–H groups in total. The third kappa shape index (κ3) is 5.38. The van der Waals surface area contributed by atoms with Gasteiger partial charge >= 0.3 is 0 Å². The number of anilines is 2. The first-order valence-electron chi connectivity index (χ1n) is 14.5. The molecule has 6 heterocycles. The van der Waals surface area contributed by atoms with Crippen molar-refractivity contribution in [2.24, 2.45) is 0 Å². The zero-order valence-electron chi connectivity index (χ0n) is 23.5. The average Bonchev–Trinajstić information content (AvgIpc) is 3.78. The number of nitrogens with zero attached hydrogens (tertiary/aromatic N) is 8. The quantitative estimate of drug-likeness (QED) is 0.271. The van der Waals surface area contributed by atoms with E-state index in [4.69, 9.17) is 14.9 Å². The van der Waals surface area contributed by atoms with Crippen LogP contribution in [0, 0.1) is 5.82 Å². The summed E-state index contributed by atoms with van der Waals surface area (Å²) in [5.74, 6) is 1.30. The second-order valence-electron chi connectivity index (χ2n) is 10.8. The van der Waals surface area contributed by atoms with Crippen molar-refractivity contribution in [2.45, 2.75) is 6.54 Å². The van der Waals surface area contributed by atoms with Crippen molar-refractivity contribution in [3.63, 3.8) is 0 Å². The summed E-state index contributed by atoms with van der Waals surface area (Å²) in [6, 6.07) is 10.8. The molecule has 2 saturated heterocycles. The molecule has 12 nitrogen and oxygen atoms in total. The molecule has 0 spiro atoms. The van der Waals surface area contributed by atoms with Crippen LogP contribution in [-0.4, -0.2) is 106 Å². The van der Waals surface area contributed by atoms with Crippen LogP contribution in [0.25, 0.3) is 28.1 Å². The van der Waals surface area contributed by atoms with Gasteiger partial charge in [0.15, 0.2) is 11.4 Å². The number of fused-ring (bicyclic) bond motifs is 3. The number of halogens is 1. The Morgan fingerprint density at radius 1 is 0.976 bits per heavy atom. The third-order valence-corrected chi connectivity index (χ3v) is 8.15. The lowest BCUT2D eigenvalue weighted by atomic mass is 10.2. The predicted octanol–water partition coefficient (Wildman–Crippen LogP) is 2.17. The van der Waals surface area contributed by atoms with E-state index in [2.05, 4.69) is 35.1 Å². The van der Waals surface area contributed by atoms with Crippen molar-refractivity contribution < 1.29 is 13.5 Å². The summed E-state index contributed by atoms with van der Waals surface area (Å²) in [4.78, 5) is 16.1. The number of piperazine rings is 2. The molecule has 2 aliphatic rings. The van der Waals surface area contributed by atoms with Crippen molar-refractivity contribution >= 4 is 28.3 Å². The molecule has 5 aromatic rings. The summed E-state index contributed by atoms with van der Waals surface area (Å²) in [5, 5.41) is 7.89. The van der Waals surface area contributed by atoms with Gasteiger partial charge in [0.1, 0.15) is 34.9 Å². The number of benzene rings is 1. The van der Waals surface area contributed by atoms with Gasteiger partial charge in [-0.05, 0) is 30.3 Å². The van der Waals surface area contributed by atoms with E-state index in [9.17, 15) is 0 Å². The number of nitrogens with two attached hydrogens (primary N) is 1. The Bertz CT molecular complexity index is 1650. The van der Waals surface area contributed by atoms with E-state index >= 15 is 4.39 Å². The lowest BCUT2D eigenvalue weighted by molar-refractivity contribution is 0.191. The molecule has 0 saturated carbocycles. The number of furan rings is 1. The summed E-state index contributed by atoms with van der Waals surface area (Å²) in [6.45, 7) is 10.2. The highest BCUT2D eigenvalue weighted by atomic mass is 19.1. The van der Waals surface area contributed by atoms with Crippen LogP contribution in [0.1, 0.15) is 0 Å². The Hall–Kier alpha value is -4.20. The van der Waals surface area contributed by atoms with Crippen molar-refractivity contribution in [3.8, 4) is 17.2 Å². The standard InChI is InChI=1S/C29H35FN10O2/c30-22-18-21(41-17-15-36-7-5-32-6-8-36)3-4-24(22)38-12-9-37(10-13-38)11-14-39-20-33-27-25-19-23(26-2-1-16-42-26)35-40(25)29(31)34-28(27)39/h1-4,16,18-20,32H,5-15,17H2,(H2,31,34). The van der Waals surface area contributed by atoms with Gasteiger partial charge in [0, 0.05) is 78.1 Å². The van der Waals surface area contributed by atoms with Crippen LogP contribution in [-0.2, 0) is 6.54 Å². The number of hydrogen-bond acceptors (Lipinski definition) is 10. The summed E-state index contributed by atoms with van der Waals surface area (Å²) in [7, 11) is 0. The van der Waals surface area contributed by atoms with Crippen LogP contribution in [0.4, 0.5) is 16.0 Å². The minimum atomic E-state index is -0.238. The zero-order chi connectivity index (χ0) is 28.5. The monoisotopic (exact) mass is 574 g/mol. The zero-order valence-corrected chi connectivity index (χ0v) is 23.5. The molecule has 0 atom stereocenters. The molecule has 0 aliphatic carbocycles. The van der Waals surface area contributed by atoms with Crippen LogP contribution < -0.4 is 20.7 Å². The van der Waals surface area contributed by atoms with Crippen LogP contribution in [0.5, 0.6) is 5.75 Å². The molecule has 220 valence electrons. The fourth-order valence-electron chi connectivity index (χ4n) is 5.79. The highest BCUT2D eigenvalue weighted by Crippen LogP contribution is 2.27. The Labute approximate surface area is 242 Å². The number of rotatable bonds is 9. The van der Waals surface area contributed by atoms with E-state index in [0.717, 1.165) is 82.1 Å². The summed E-state index contributed by atoms with van der Waals surface area (Å²) < 4.78 is 30.0. The van der Waals surface area contributed by atoms with Gasteiger partial charge in [-0.3, -0.25) is 9.80 Å². The van der Waals surface area contributed by atoms with E-state index < -0.39 is 0 Å². The maximum absolute atomic E-state index is 15.0. The van der Waals surface area contributed by atoms with Crippen LogP contribution in [0.3, 0.4) is 0 Å². The number of hydrogen-bond donors (Lipinski definition) is 2. The summed E-state index contributed by atoms with van der Waals surface area (Å²) in [6.07, 6.45) is 3.42. The first-order chi connectivity index (χ1) is 20.6. The van der Waals surface area contributed by atoms with Crippen LogP contribution >= 0.6 is 0 Å². The molecular formula is C29H35FN10O2. The summed E-state index contributed by atoms with van der Waals surface area (Å²) in [5.41, 5.74) is 9.82. The maximum atomic E-state index is 15.0. The normalized spacial score (nSPS) is 17.0. The third-order valence-electron chi connectivity index (χ3n) is 8.15. The van der Waals surface area contributed by atoms with Crippen molar-refractivity contribution in [2.75, 3.05) is 82.7 Å². The fourth-order valence-corrected chi connectivity index (χ4v) is 5.79. The van der Waals surface area contributed by atoms with Gasteiger partial charge in [0.25, 0.3) is 0 Å². The Morgan fingerprint density at radius 3 is 2.60 bits per heavy atom. The minimum Gasteiger partial charge on any atom is -0.492 e. The molecule has 7 rings (SSSR count). The molecule has 0 bridgehead atoms. The molecule has 42 heavy (non-hydrogen) atoms. The van der Waals surface area contributed by atoms with Gasteiger partial charge in [0.2, 0.25) is 5.95 Å². The van der Waals surface area contributed by atoms with Crippen molar-refractivity contribution in [3.05, 3.63) is 54.8 Å². The summed E-state index contributed by atoms with van der Waals surface area (Å²) >= 11 is 0. The Balaban J connectivity index is 0.941. The number of nitrogens with one attached hydrogen (secondary N) is 1. The van der Waals surface area contributed by atoms with E-state index in [0.29, 0.717) is 42.0 Å². The first kappa shape index (κ1) is 26.7. The predicted molar refractivity (Wildman–Crippen MR) is 158 cm³/mol. The molecule has 4 aromatic heterocycles. The van der Waals surface area contributed by atoms with Gasteiger partial charge in [-0.1, -0.05) is 0 Å². The van der Waals surface area contributed by atoms with Crippen LogP contribution in [0.15, 0.2) is 53.4 Å². The number of aromatic nitrogens is 5. The Morgan fingerprint density at radius 2 is 1.81 bits per heavy atom. The molecule has 2 aliphatic heterocycles. The maximum Gasteiger partial charge on any atom is 0.223 e. The van der Waals surface area contributed by atoms with Crippen molar-refractivity contribution in [1.82, 2.24) is 39.3 Å². The number of ether oxygens (including phenoxy) is 1. The number of imidazole rings is 1. The number of nitrogen functional groups attached to an aromatic ring is 1. The van der Waals surface area contributed by atoms with Gasteiger partial charge in [0.05, 0.1) is 18.3 Å². The van der Waals surface area contributed by atoms with E-state index in [1.165, 1.54) is 6.07 Å². The first-order valence-corrected chi connectivity index (χ1v) is 14.5. The lowest BCUT2D eigenvalue weighted by Crippen LogP contribution is -2.47. The fraction of sp³-hybridized carbons (Fsp3) is 0.414. The highest BCUT2D eigenvalue weighted by Gasteiger charge is 2.21. The lowest BCUT2D eigenvalue weighted by Gasteiger charge is -2.36. The molecule has 1 aromatic carbocycles. The van der Waals surface area contributed by atoms with E-state index in [1.54, 1.807) is 17.1 Å². The SMILES string of the molecule is Nc1nc2c(ncn2CCN2CCN(c3ccc(OCCN4CCNCC4)cc3F)CC2)c2cc(-c3ccco3)nn12. The minimum absolute atomic E-state index is 0.238. The van der Waals surface area contributed by atoms with E-state index in [-0.39, 0.29) is 5.82 Å². The topological polar surface area (TPSA) is 118 Å². The van der Waals surface area contributed by atoms with Crippen LogP contribution in [0.2, 0.25) is 0 Å².